The number of para-hydroxylation sites is 1. The van der Waals surface area contributed by atoms with E-state index >= 15 is 0 Å². The summed E-state index contributed by atoms with van der Waals surface area (Å²) in [6.07, 6.45) is 1.33. The van der Waals surface area contributed by atoms with Gasteiger partial charge in [0, 0.05) is 32.4 Å². The van der Waals surface area contributed by atoms with Gasteiger partial charge in [-0.25, -0.2) is 0 Å². The van der Waals surface area contributed by atoms with Crippen LogP contribution in [0.4, 0.5) is 5.69 Å². The Morgan fingerprint density at radius 2 is 2.17 bits per heavy atom. The minimum absolute atomic E-state index is 0.808. The lowest BCUT2D eigenvalue weighted by atomic mass is 10.1. The quantitative estimate of drug-likeness (QED) is 0.856. The molecule has 18 heavy (non-hydrogen) atoms. The van der Waals surface area contributed by atoms with Crippen LogP contribution in [0.1, 0.15) is 12.0 Å². The largest absolute Gasteiger partial charge is 0.374 e. The zero-order valence-electron chi connectivity index (χ0n) is 11.8. The highest BCUT2D eigenvalue weighted by atomic mass is 15.2. The molecule has 2 rings (SSSR count). The Hall–Kier alpha value is -1.06. The average molecular weight is 247 g/mol. The van der Waals surface area contributed by atoms with Crippen molar-refractivity contribution in [3.05, 3.63) is 29.8 Å². The fraction of sp³-hybridized carbons (Fsp3) is 0.600. The third-order valence-corrected chi connectivity index (χ3v) is 3.79. The number of nitrogens with zero attached hydrogens (tertiary/aromatic N) is 2. The number of nitrogens with one attached hydrogen (secondary N) is 1. The lowest BCUT2D eigenvalue weighted by Gasteiger charge is -2.25. The van der Waals surface area contributed by atoms with Gasteiger partial charge in [-0.15, -0.1) is 0 Å². The lowest BCUT2D eigenvalue weighted by Crippen LogP contribution is -2.28. The van der Waals surface area contributed by atoms with Gasteiger partial charge in [-0.3, -0.25) is 0 Å². The number of hydrogen-bond acceptors (Lipinski definition) is 3. The summed E-state index contributed by atoms with van der Waals surface area (Å²) < 4.78 is 0. The van der Waals surface area contributed by atoms with Crippen LogP contribution in [0.15, 0.2) is 24.3 Å². The molecule has 1 atom stereocenters. The Bertz CT molecular complexity index is 378. The molecule has 1 aliphatic heterocycles. The van der Waals surface area contributed by atoms with Crippen LogP contribution in [0.3, 0.4) is 0 Å². The number of likely N-dealkylation sites (tertiary alicyclic amines) is 1. The van der Waals surface area contributed by atoms with Crippen molar-refractivity contribution in [1.29, 1.82) is 0 Å². The maximum Gasteiger partial charge on any atom is 0.0409 e. The molecule has 0 bridgehead atoms. The summed E-state index contributed by atoms with van der Waals surface area (Å²) in [5.74, 6) is 0.808. The predicted molar refractivity (Wildman–Crippen MR) is 78.1 cm³/mol. The molecular formula is C15H25N3. The van der Waals surface area contributed by atoms with Crippen LogP contribution in [0.2, 0.25) is 0 Å². The van der Waals surface area contributed by atoms with Crippen molar-refractivity contribution in [3.63, 3.8) is 0 Å². The van der Waals surface area contributed by atoms with E-state index in [4.69, 9.17) is 0 Å². The highest BCUT2D eigenvalue weighted by molar-refractivity contribution is 5.53. The van der Waals surface area contributed by atoms with E-state index < -0.39 is 0 Å². The molecule has 1 fully saturated rings. The molecule has 3 nitrogen and oxygen atoms in total. The Morgan fingerprint density at radius 1 is 1.39 bits per heavy atom. The van der Waals surface area contributed by atoms with Gasteiger partial charge in [0.2, 0.25) is 0 Å². The first kappa shape index (κ1) is 13.4. The van der Waals surface area contributed by atoms with Crippen molar-refractivity contribution >= 4 is 5.69 Å². The number of anilines is 1. The lowest BCUT2D eigenvalue weighted by molar-refractivity contribution is 0.396. The molecule has 0 saturated carbocycles. The molecule has 1 heterocycles. The second kappa shape index (κ2) is 6.21. The molecule has 0 spiro atoms. The molecule has 1 unspecified atom stereocenters. The molecule has 3 heteroatoms. The van der Waals surface area contributed by atoms with Crippen LogP contribution in [0.5, 0.6) is 0 Å². The van der Waals surface area contributed by atoms with Gasteiger partial charge in [-0.05, 0) is 44.6 Å². The van der Waals surface area contributed by atoms with Crippen LogP contribution in [-0.2, 0) is 6.54 Å². The molecule has 1 aliphatic rings. The zero-order chi connectivity index (χ0) is 13.0. The van der Waals surface area contributed by atoms with E-state index in [1.807, 2.05) is 7.05 Å². The van der Waals surface area contributed by atoms with Gasteiger partial charge in [0.15, 0.2) is 0 Å². The molecule has 1 saturated heterocycles. The molecule has 0 aliphatic carbocycles. The van der Waals surface area contributed by atoms with Gasteiger partial charge in [0.05, 0.1) is 0 Å². The first-order chi connectivity index (χ1) is 8.70. The molecule has 1 aromatic carbocycles. The highest BCUT2D eigenvalue weighted by Crippen LogP contribution is 2.22. The molecular weight excluding hydrogens is 222 g/mol. The van der Waals surface area contributed by atoms with Crippen molar-refractivity contribution in [3.8, 4) is 0 Å². The molecule has 1 N–H and O–H groups in total. The minimum atomic E-state index is 0.808. The fourth-order valence-electron chi connectivity index (χ4n) is 2.88. The molecule has 100 valence electrons. The van der Waals surface area contributed by atoms with Crippen LogP contribution in [-0.4, -0.2) is 45.7 Å². The van der Waals surface area contributed by atoms with E-state index in [1.165, 1.54) is 30.8 Å². The van der Waals surface area contributed by atoms with E-state index in [-0.39, 0.29) is 0 Å². The Labute approximate surface area is 111 Å². The number of rotatable bonds is 5. The van der Waals surface area contributed by atoms with Crippen molar-refractivity contribution in [2.75, 3.05) is 45.7 Å². The van der Waals surface area contributed by atoms with Crippen LogP contribution in [0.25, 0.3) is 0 Å². The standard InChI is InChI=1S/C15H25N3/c1-16-10-14-6-4-5-7-15(14)18(3)12-13-8-9-17(2)11-13/h4-7,13,16H,8-12H2,1-3H3. The highest BCUT2D eigenvalue weighted by Gasteiger charge is 2.21. The maximum atomic E-state index is 3.25. The first-order valence-corrected chi connectivity index (χ1v) is 6.83. The first-order valence-electron chi connectivity index (χ1n) is 6.83. The van der Waals surface area contributed by atoms with Crippen molar-refractivity contribution < 1.29 is 0 Å². The van der Waals surface area contributed by atoms with Crippen LogP contribution >= 0.6 is 0 Å². The van der Waals surface area contributed by atoms with Gasteiger partial charge in [0.25, 0.3) is 0 Å². The van der Waals surface area contributed by atoms with Gasteiger partial charge in [0.1, 0.15) is 0 Å². The summed E-state index contributed by atoms with van der Waals surface area (Å²) in [7, 11) is 6.43. The zero-order valence-corrected chi connectivity index (χ0v) is 11.8. The summed E-state index contributed by atoms with van der Waals surface area (Å²) in [5.41, 5.74) is 2.75. The number of benzene rings is 1. The Balaban J connectivity index is 2.01. The van der Waals surface area contributed by atoms with Crippen LogP contribution < -0.4 is 10.2 Å². The van der Waals surface area contributed by atoms with Gasteiger partial charge in [-0.2, -0.15) is 0 Å². The fourth-order valence-corrected chi connectivity index (χ4v) is 2.88. The van der Waals surface area contributed by atoms with E-state index in [1.54, 1.807) is 0 Å². The smallest absolute Gasteiger partial charge is 0.0409 e. The Morgan fingerprint density at radius 3 is 2.83 bits per heavy atom. The third-order valence-electron chi connectivity index (χ3n) is 3.79. The second-order valence-corrected chi connectivity index (χ2v) is 5.46. The molecule has 1 aromatic rings. The maximum absolute atomic E-state index is 3.25. The third kappa shape index (κ3) is 3.24. The minimum Gasteiger partial charge on any atom is -0.374 e. The van der Waals surface area contributed by atoms with E-state index in [0.717, 1.165) is 19.0 Å². The van der Waals surface area contributed by atoms with Gasteiger partial charge < -0.3 is 15.1 Å². The monoisotopic (exact) mass is 247 g/mol. The van der Waals surface area contributed by atoms with Crippen molar-refractivity contribution in [2.45, 2.75) is 13.0 Å². The summed E-state index contributed by atoms with van der Waals surface area (Å²) in [4.78, 5) is 4.84. The van der Waals surface area contributed by atoms with Crippen molar-refractivity contribution in [2.24, 2.45) is 5.92 Å². The normalized spacial score (nSPS) is 20.3. The van der Waals surface area contributed by atoms with Crippen molar-refractivity contribution in [1.82, 2.24) is 10.2 Å². The number of hydrogen-bond donors (Lipinski definition) is 1. The SMILES string of the molecule is CNCc1ccccc1N(C)CC1CCN(C)C1. The predicted octanol–water partition coefficient (Wildman–Crippen LogP) is 1.79. The Kier molecular flexibility index (Phi) is 4.61. The van der Waals surface area contributed by atoms with E-state index in [2.05, 4.69) is 53.5 Å². The summed E-state index contributed by atoms with van der Waals surface area (Å²) in [6, 6.07) is 8.69. The van der Waals surface area contributed by atoms with Gasteiger partial charge >= 0.3 is 0 Å². The summed E-state index contributed by atoms with van der Waals surface area (Å²) >= 11 is 0. The summed E-state index contributed by atoms with van der Waals surface area (Å²) in [6.45, 7) is 4.57. The summed E-state index contributed by atoms with van der Waals surface area (Å²) in [5, 5.41) is 3.25. The molecule has 0 amide bonds. The average Bonchev–Trinajstić information content (AvgIpc) is 2.76. The van der Waals surface area contributed by atoms with Crippen LogP contribution in [0, 0.1) is 5.92 Å². The van der Waals surface area contributed by atoms with E-state index in [9.17, 15) is 0 Å². The molecule has 0 aromatic heterocycles. The van der Waals surface area contributed by atoms with Gasteiger partial charge in [-0.1, -0.05) is 18.2 Å². The second-order valence-electron chi connectivity index (χ2n) is 5.46. The molecule has 0 radical (unpaired) electrons. The van der Waals surface area contributed by atoms with E-state index in [0.29, 0.717) is 0 Å². The topological polar surface area (TPSA) is 18.5 Å².